The maximum Gasteiger partial charge on any atom is 0.0303 e. The van der Waals surface area contributed by atoms with Gasteiger partial charge in [0.25, 0.3) is 0 Å². The minimum absolute atomic E-state index is 0.124. The van der Waals surface area contributed by atoms with Gasteiger partial charge in [-0.2, -0.15) is 0 Å². The fourth-order valence-corrected chi connectivity index (χ4v) is 3.03. The molecule has 1 nitrogen and oxygen atoms in total. The summed E-state index contributed by atoms with van der Waals surface area (Å²) in [4.78, 5) is 2.53. The second kappa shape index (κ2) is 6.07. The van der Waals surface area contributed by atoms with Crippen LogP contribution in [0.5, 0.6) is 0 Å². The van der Waals surface area contributed by atoms with Crippen LogP contribution in [-0.2, 0) is 0 Å². The zero-order valence-electron chi connectivity index (χ0n) is 10.9. The van der Waals surface area contributed by atoms with Crippen molar-refractivity contribution in [2.75, 3.05) is 0 Å². The van der Waals surface area contributed by atoms with Crippen LogP contribution in [0.25, 0.3) is 0 Å². The molecule has 0 saturated carbocycles. The van der Waals surface area contributed by atoms with Crippen molar-refractivity contribution in [2.45, 2.75) is 36.1 Å². The molecule has 0 radical (unpaired) electrons. The first-order valence-electron chi connectivity index (χ1n) is 6.29. The van der Waals surface area contributed by atoms with E-state index < -0.39 is 0 Å². The van der Waals surface area contributed by atoms with Crippen molar-refractivity contribution in [3.8, 4) is 0 Å². The molecule has 2 aromatic rings. The highest BCUT2D eigenvalue weighted by Crippen LogP contribution is 2.33. The Morgan fingerprint density at radius 1 is 1.11 bits per heavy atom. The molecule has 0 bridgehead atoms. The first-order chi connectivity index (χ1) is 8.70. The van der Waals surface area contributed by atoms with Gasteiger partial charge in [0.1, 0.15) is 0 Å². The zero-order chi connectivity index (χ0) is 13.0. The third-order valence-electron chi connectivity index (χ3n) is 2.98. The fourth-order valence-electron chi connectivity index (χ4n) is 1.91. The molecule has 2 N–H and O–H groups in total. The molecular weight excluding hydrogens is 238 g/mol. The molecule has 18 heavy (non-hydrogen) atoms. The monoisotopic (exact) mass is 257 g/mol. The van der Waals surface area contributed by atoms with Crippen LogP contribution in [0.2, 0.25) is 0 Å². The molecule has 0 saturated heterocycles. The van der Waals surface area contributed by atoms with Gasteiger partial charge in [0.05, 0.1) is 0 Å². The first-order valence-corrected chi connectivity index (χ1v) is 7.11. The average molecular weight is 257 g/mol. The third kappa shape index (κ3) is 3.15. The van der Waals surface area contributed by atoms with Crippen molar-refractivity contribution >= 4 is 11.8 Å². The summed E-state index contributed by atoms with van der Waals surface area (Å²) in [5, 5.41) is 0. The maximum atomic E-state index is 6.17. The highest BCUT2D eigenvalue weighted by molar-refractivity contribution is 7.99. The van der Waals surface area contributed by atoms with E-state index in [1.54, 1.807) is 11.8 Å². The second-order valence-corrected chi connectivity index (χ2v) is 5.59. The van der Waals surface area contributed by atoms with Crippen LogP contribution in [0, 0.1) is 6.92 Å². The van der Waals surface area contributed by atoms with Crippen LogP contribution in [-0.4, -0.2) is 0 Å². The van der Waals surface area contributed by atoms with E-state index >= 15 is 0 Å². The molecule has 2 aromatic carbocycles. The number of nitrogens with two attached hydrogens (primary N) is 1. The highest BCUT2D eigenvalue weighted by atomic mass is 32.2. The molecule has 0 unspecified atom stereocenters. The highest BCUT2D eigenvalue weighted by Gasteiger charge is 2.09. The summed E-state index contributed by atoms with van der Waals surface area (Å²) >= 11 is 1.79. The van der Waals surface area contributed by atoms with Crippen molar-refractivity contribution in [1.29, 1.82) is 0 Å². The normalized spacial score (nSPS) is 12.4. The van der Waals surface area contributed by atoms with Gasteiger partial charge in [0.2, 0.25) is 0 Å². The Morgan fingerprint density at radius 2 is 1.89 bits per heavy atom. The molecule has 0 aliphatic rings. The Hall–Kier alpha value is -1.25. The van der Waals surface area contributed by atoms with E-state index in [-0.39, 0.29) is 6.04 Å². The summed E-state index contributed by atoms with van der Waals surface area (Å²) in [7, 11) is 0. The second-order valence-electron chi connectivity index (χ2n) is 4.47. The Balaban J connectivity index is 2.29. The SMILES string of the molecule is CC[C@H](N)c1ccccc1Sc1cccc(C)c1. The molecule has 0 fully saturated rings. The summed E-state index contributed by atoms with van der Waals surface area (Å²) in [6, 6.07) is 17.1. The number of aryl methyl sites for hydroxylation is 1. The molecule has 0 aliphatic carbocycles. The van der Waals surface area contributed by atoms with E-state index in [1.165, 1.54) is 20.9 Å². The summed E-state index contributed by atoms with van der Waals surface area (Å²) in [6.07, 6.45) is 0.964. The molecule has 0 aromatic heterocycles. The molecule has 94 valence electrons. The standard InChI is InChI=1S/C16H19NS/c1-3-15(17)14-9-4-5-10-16(14)18-13-8-6-7-12(2)11-13/h4-11,15H,3,17H2,1-2H3/t15-/m0/s1. The lowest BCUT2D eigenvalue weighted by atomic mass is 10.1. The smallest absolute Gasteiger partial charge is 0.0303 e. The summed E-state index contributed by atoms with van der Waals surface area (Å²) in [5.74, 6) is 0. The summed E-state index contributed by atoms with van der Waals surface area (Å²) < 4.78 is 0. The Kier molecular flexibility index (Phi) is 4.45. The maximum absolute atomic E-state index is 6.17. The van der Waals surface area contributed by atoms with Gasteiger partial charge in [-0.3, -0.25) is 0 Å². The van der Waals surface area contributed by atoms with Gasteiger partial charge in [-0.15, -0.1) is 0 Å². The van der Waals surface area contributed by atoms with Crippen LogP contribution in [0.3, 0.4) is 0 Å². The quantitative estimate of drug-likeness (QED) is 0.869. The van der Waals surface area contributed by atoms with Gasteiger partial charge in [0.15, 0.2) is 0 Å². The molecule has 1 atom stereocenters. The summed E-state index contributed by atoms with van der Waals surface area (Å²) in [6.45, 7) is 4.24. The van der Waals surface area contributed by atoms with Crippen LogP contribution in [0.4, 0.5) is 0 Å². The van der Waals surface area contributed by atoms with Crippen LogP contribution >= 0.6 is 11.8 Å². The lowest BCUT2D eigenvalue weighted by Crippen LogP contribution is -2.09. The predicted octanol–water partition coefficient (Wildman–Crippen LogP) is 4.56. The lowest BCUT2D eigenvalue weighted by Gasteiger charge is -2.14. The lowest BCUT2D eigenvalue weighted by molar-refractivity contribution is 0.685. The van der Waals surface area contributed by atoms with Gasteiger partial charge >= 0.3 is 0 Å². The molecule has 0 spiro atoms. The van der Waals surface area contributed by atoms with Crippen LogP contribution in [0.1, 0.15) is 30.5 Å². The van der Waals surface area contributed by atoms with E-state index in [1.807, 2.05) is 0 Å². The van der Waals surface area contributed by atoms with Crippen LogP contribution < -0.4 is 5.73 Å². The van der Waals surface area contributed by atoms with E-state index in [0.29, 0.717) is 0 Å². The third-order valence-corrected chi connectivity index (χ3v) is 4.06. The number of hydrogen-bond acceptors (Lipinski definition) is 2. The predicted molar refractivity (Wildman–Crippen MR) is 79.0 cm³/mol. The van der Waals surface area contributed by atoms with Gasteiger partial charge in [-0.25, -0.2) is 0 Å². The fraction of sp³-hybridized carbons (Fsp3) is 0.250. The van der Waals surface area contributed by atoms with Crippen molar-refractivity contribution in [1.82, 2.24) is 0 Å². The van der Waals surface area contributed by atoms with E-state index in [9.17, 15) is 0 Å². The largest absolute Gasteiger partial charge is 0.324 e. The molecular formula is C16H19NS. The van der Waals surface area contributed by atoms with Gasteiger partial charge in [-0.05, 0) is 37.1 Å². The minimum Gasteiger partial charge on any atom is -0.324 e. The Morgan fingerprint density at radius 3 is 2.61 bits per heavy atom. The first kappa shape index (κ1) is 13.2. The molecule has 0 amide bonds. The molecule has 2 heteroatoms. The van der Waals surface area contributed by atoms with Crippen molar-refractivity contribution in [2.24, 2.45) is 5.73 Å². The van der Waals surface area contributed by atoms with Crippen LogP contribution in [0.15, 0.2) is 58.3 Å². The zero-order valence-corrected chi connectivity index (χ0v) is 11.7. The summed E-state index contributed by atoms with van der Waals surface area (Å²) in [5.41, 5.74) is 8.70. The number of benzene rings is 2. The Labute approximate surface area is 113 Å². The van der Waals surface area contributed by atoms with E-state index in [2.05, 4.69) is 62.4 Å². The Bertz CT molecular complexity index is 522. The van der Waals surface area contributed by atoms with E-state index in [4.69, 9.17) is 5.73 Å². The van der Waals surface area contributed by atoms with Gasteiger partial charge in [0, 0.05) is 15.8 Å². The van der Waals surface area contributed by atoms with E-state index in [0.717, 1.165) is 6.42 Å². The van der Waals surface area contributed by atoms with Gasteiger partial charge < -0.3 is 5.73 Å². The van der Waals surface area contributed by atoms with Crippen molar-refractivity contribution < 1.29 is 0 Å². The number of rotatable bonds is 4. The van der Waals surface area contributed by atoms with Crippen molar-refractivity contribution in [3.63, 3.8) is 0 Å². The minimum atomic E-state index is 0.124. The topological polar surface area (TPSA) is 26.0 Å². The molecule has 2 rings (SSSR count). The number of hydrogen-bond donors (Lipinski definition) is 1. The van der Waals surface area contributed by atoms with Crippen molar-refractivity contribution in [3.05, 3.63) is 59.7 Å². The molecule has 0 aliphatic heterocycles. The molecule has 0 heterocycles. The average Bonchev–Trinajstić information content (AvgIpc) is 2.38. The van der Waals surface area contributed by atoms with Gasteiger partial charge in [-0.1, -0.05) is 54.6 Å².